The maximum absolute atomic E-state index is 11.7. The average molecular weight is 348 g/mol. The average Bonchev–Trinajstić information content (AvgIpc) is 2.80. The lowest BCUT2D eigenvalue weighted by molar-refractivity contribution is 0.415. The Balaban J connectivity index is 2.31. The number of benzene rings is 1. The summed E-state index contributed by atoms with van der Waals surface area (Å²) >= 11 is 1.61. The summed E-state index contributed by atoms with van der Waals surface area (Å²) in [5.74, 6) is 1.22. The lowest BCUT2D eigenvalue weighted by Crippen LogP contribution is -1.99. The van der Waals surface area contributed by atoms with Gasteiger partial charge in [-0.3, -0.25) is 0 Å². The van der Waals surface area contributed by atoms with Gasteiger partial charge in [0, 0.05) is 28.5 Å². The van der Waals surface area contributed by atoms with E-state index in [1.54, 1.807) is 29.5 Å². The van der Waals surface area contributed by atoms with Crippen LogP contribution in [0, 0.1) is 13.8 Å². The van der Waals surface area contributed by atoms with E-state index in [2.05, 4.69) is 9.97 Å². The van der Waals surface area contributed by atoms with E-state index >= 15 is 0 Å². The summed E-state index contributed by atoms with van der Waals surface area (Å²) in [7, 11) is -1.75. The third-order valence-electron chi connectivity index (χ3n) is 3.60. The molecule has 0 amide bonds. The minimum atomic E-state index is -3.28. The molecule has 0 aliphatic carbocycles. The molecule has 0 radical (unpaired) electrons. The second-order valence-corrected chi connectivity index (χ2v) is 8.57. The zero-order valence-corrected chi connectivity index (χ0v) is 14.9. The molecule has 5 nitrogen and oxygen atoms in total. The van der Waals surface area contributed by atoms with Crippen LogP contribution in [-0.2, 0) is 9.84 Å². The Bertz CT molecular complexity index is 1010. The largest absolute Gasteiger partial charge is 0.496 e. The predicted octanol–water partition coefficient (Wildman–Crippen LogP) is 3.39. The Morgan fingerprint density at radius 3 is 2.61 bits per heavy atom. The fraction of sp³-hybridized carbons (Fsp3) is 0.250. The van der Waals surface area contributed by atoms with Gasteiger partial charge in [-0.25, -0.2) is 18.4 Å². The number of sulfone groups is 1. The summed E-state index contributed by atoms with van der Waals surface area (Å²) in [5, 5.41) is 0. The number of aryl methyl sites for hydroxylation is 2. The molecule has 0 atom stereocenters. The second-order valence-electron chi connectivity index (χ2n) is 5.30. The highest BCUT2D eigenvalue weighted by atomic mass is 32.2. The van der Waals surface area contributed by atoms with E-state index in [4.69, 9.17) is 4.74 Å². The molecule has 0 unspecified atom stereocenters. The van der Waals surface area contributed by atoms with Crippen molar-refractivity contribution in [3.8, 4) is 16.9 Å². The molecule has 0 bridgehead atoms. The molecule has 0 spiro atoms. The van der Waals surface area contributed by atoms with Gasteiger partial charge in [0.25, 0.3) is 0 Å². The quantitative estimate of drug-likeness (QED) is 0.726. The Kier molecular flexibility index (Phi) is 3.85. The Labute approximate surface area is 138 Å². The molecule has 2 heterocycles. The number of ether oxygens (including phenoxy) is 1. The van der Waals surface area contributed by atoms with E-state index in [9.17, 15) is 8.42 Å². The molecule has 23 heavy (non-hydrogen) atoms. The lowest BCUT2D eigenvalue weighted by Gasteiger charge is -2.10. The van der Waals surface area contributed by atoms with Crippen molar-refractivity contribution >= 4 is 31.4 Å². The van der Waals surface area contributed by atoms with Crippen LogP contribution < -0.4 is 4.74 Å². The molecule has 0 aliphatic heterocycles. The number of rotatable bonds is 3. The van der Waals surface area contributed by atoms with Crippen LogP contribution in [0.5, 0.6) is 5.75 Å². The highest BCUT2D eigenvalue weighted by Gasteiger charge is 2.19. The fourth-order valence-electron chi connectivity index (χ4n) is 2.52. The van der Waals surface area contributed by atoms with Gasteiger partial charge in [-0.05, 0) is 32.0 Å². The van der Waals surface area contributed by atoms with Crippen LogP contribution in [0.4, 0.5) is 0 Å². The summed E-state index contributed by atoms with van der Waals surface area (Å²) in [4.78, 5) is 10.1. The van der Waals surface area contributed by atoms with Crippen molar-refractivity contribution in [1.29, 1.82) is 0 Å². The van der Waals surface area contributed by atoms with Crippen molar-refractivity contribution in [1.82, 2.24) is 9.97 Å². The minimum absolute atomic E-state index is 0.237. The van der Waals surface area contributed by atoms with Gasteiger partial charge in [0.05, 0.1) is 22.2 Å². The molecule has 7 heteroatoms. The molecule has 0 N–H and O–H groups in total. The van der Waals surface area contributed by atoms with Crippen LogP contribution in [0.25, 0.3) is 21.3 Å². The normalized spacial score (nSPS) is 11.8. The van der Waals surface area contributed by atoms with Crippen molar-refractivity contribution < 1.29 is 13.2 Å². The van der Waals surface area contributed by atoms with Gasteiger partial charge in [0.2, 0.25) is 0 Å². The number of methoxy groups -OCH3 is 1. The van der Waals surface area contributed by atoms with Crippen LogP contribution in [0.3, 0.4) is 0 Å². The topological polar surface area (TPSA) is 69.2 Å². The Hall–Kier alpha value is -1.99. The van der Waals surface area contributed by atoms with Crippen LogP contribution in [-0.4, -0.2) is 31.8 Å². The van der Waals surface area contributed by atoms with Gasteiger partial charge in [0.1, 0.15) is 11.6 Å². The van der Waals surface area contributed by atoms with Crippen molar-refractivity contribution in [3.05, 3.63) is 35.1 Å². The first-order valence-corrected chi connectivity index (χ1v) is 9.63. The van der Waals surface area contributed by atoms with Crippen LogP contribution in [0.1, 0.15) is 10.7 Å². The van der Waals surface area contributed by atoms with Crippen molar-refractivity contribution in [3.63, 3.8) is 0 Å². The number of hydrogen-bond acceptors (Lipinski definition) is 6. The number of aromatic nitrogens is 2. The maximum atomic E-state index is 11.7. The number of thiophene rings is 1. The summed E-state index contributed by atoms with van der Waals surface area (Å²) in [5.41, 5.74) is 2.67. The first-order valence-electron chi connectivity index (χ1n) is 6.92. The van der Waals surface area contributed by atoms with Gasteiger partial charge in [-0.2, -0.15) is 0 Å². The van der Waals surface area contributed by atoms with E-state index in [0.717, 1.165) is 26.2 Å². The SMILES string of the molecule is COc1cc(S(C)(=O)=O)ccc1-c1c(C)sc2cnc(C)nc12. The van der Waals surface area contributed by atoms with E-state index in [0.29, 0.717) is 11.6 Å². The molecular weight excluding hydrogens is 332 g/mol. The fourth-order valence-corrected chi connectivity index (χ4v) is 4.15. The first-order chi connectivity index (χ1) is 10.8. The summed E-state index contributed by atoms with van der Waals surface area (Å²) in [6.45, 7) is 3.86. The lowest BCUT2D eigenvalue weighted by atomic mass is 10.0. The molecule has 0 saturated heterocycles. The number of nitrogens with zero attached hydrogens (tertiary/aromatic N) is 2. The molecule has 3 aromatic rings. The molecule has 0 aliphatic rings. The molecule has 0 fully saturated rings. The van der Waals surface area contributed by atoms with Crippen molar-refractivity contribution in [2.45, 2.75) is 18.7 Å². The Morgan fingerprint density at radius 1 is 1.22 bits per heavy atom. The van der Waals surface area contributed by atoms with Gasteiger partial charge >= 0.3 is 0 Å². The third-order valence-corrected chi connectivity index (χ3v) is 5.74. The van der Waals surface area contributed by atoms with Gasteiger partial charge in [-0.15, -0.1) is 11.3 Å². The van der Waals surface area contributed by atoms with Gasteiger partial charge in [0.15, 0.2) is 9.84 Å². The number of fused-ring (bicyclic) bond motifs is 1. The highest BCUT2D eigenvalue weighted by molar-refractivity contribution is 7.90. The summed E-state index contributed by atoms with van der Waals surface area (Å²) in [6, 6.07) is 4.94. The van der Waals surface area contributed by atoms with Crippen LogP contribution in [0.15, 0.2) is 29.3 Å². The molecule has 120 valence electrons. The van der Waals surface area contributed by atoms with Gasteiger partial charge < -0.3 is 4.74 Å². The smallest absolute Gasteiger partial charge is 0.175 e. The maximum Gasteiger partial charge on any atom is 0.175 e. The summed E-state index contributed by atoms with van der Waals surface area (Å²) in [6.07, 6.45) is 3.00. The van der Waals surface area contributed by atoms with E-state index in [1.165, 1.54) is 13.4 Å². The van der Waals surface area contributed by atoms with E-state index in [-0.39, 0.29) is 4.90 Å². The summed E-state index contributed by atoms with van der Waals surface area (Å²) < 4.78 is 29.9. The second kappa shape index (κ2) is 5.58. The molecular formula is C16H16N2O3S2. The van der Waals surface area contributed by atoms with E-state index in [1.807, 2.05) is 20.0 Å². The standard InChI is InChI=1S/C16H16N2O3S2/c1-9-15(16-14(22-9)8-17-10(2)18-16)12-6-5-11(23(4,19)20)7-13(12)21-3/h5-8H,1-4H3. The first kappa shape index (κ1) is 15.9. The van der Waals surface area contributed by atoms with Gasteiger partial charge in [-0.1, -0.05) is 0 Å². The molecule has 1 aromatic carbocycles. The van der Waals surface area contributed by atoms with Crippen LogP contribution >= 0.6 is 11.3 Å². The van der Waals surface area contributed by atoms with Crippen molar-refractivity contribution in [2.24, 2.45) is 0 Å². The monoisotopic (exact) mass is 348 g/mol. The molecule has 2 aromatic heterocycles. The zero-order chi connectivity index (χ0) is 16.8. The predicted molar refractivity (Wildman–Crippen MR) is 92.0 cm³/mol. The van der Waals surface area contributed by atoms with E-state index < -0.39 is 9.84 Å². The highest BCUT2D eigenvalue weighted by Crippen LogP contribution is 2.41. The minimum Gasteiger partial charge on any atom is -0.496 e. The number of hydrogen-bond donors (Lipinski definition) is 0. The molecule has 3 rings (SSSR count). The van der Waals surface area contributed by atoms with Crippen LogP contribution in [0.2, 0.25) is 0 Å². The third kappa shape index (κ3) is 2.82. The Morgan fingerprint density at radius 2 is 1.96 bits per heavy atom. The zero-order valence-electron chi connectivity index (χ0n) is 13.2. The molecule has 0 saturated carbocycles. The van der Waals surface area contributed by atoms with Crippen molar-refractivity contribution in [2.75, 3.05) is 13.4 Å².